The molecule has 0 bridgehead atoms. The molecule has 23 heavy (non-hydrogen) atoms. The van der Waals surface area contributed by atoms with Crippen LogP contribution in [0.3, 0.4) is 0 Å². The fourth-order valence-corrected chi connectivity index (χ4v) is 2.56. The number of urea groups is 1. The Kier molecular flexibility index (Phi) is 3.97. The number of pyridine rings is 1. The molecule has 1 aromatic carbocycles. The fourth-order valence-electron chi connectivity index (χ4n) is 2.56. The van der Waals surface area contributed by atoms with E-state index in [-0.39, 0.29) is 18.0 Å². The minimum atomic E-state index is -0.311. The first kappa shape index (κ1) is 15.0. The molecule has 1 aromatic heterocycles. The maximum absolute atomic E-state index is 12.1. The summed E-state index contributed by atoms with van der Waals surface area (Å²) in [5.74, 6) is 0.544. The Balaban J connectivity index is 1.66. The summed E-state index contributed by atoms with van der Waals surface area (Å²) in [6.45, 7) is 3.79. The van der Waals surface area contributed by atoms with Crippen LogP contribution in [0, 0.1) is 6.92 Å². The highest BCUT2D eigenvalue weighted by atomic mass is 16.2. The predicted octanol–water partition coefficient (Wildman–Crippen LogP) is 2.77. The number of nitrogens with one attached hydrogen (secondary N) is 3. The van der Waals surface area contributed by atoms with Gasteiger partial charge in [-0.05, 0) is 42.7 Å². The number of nitrogens with zero attached hydrogens (tertiary/aromatic N) is 1. The van der Waals surface area contributed by atoms with Gasteiger partial charge in [0, 0.05) is 11.9 Å². The van der Waals surface area contributed by atoms with Crippen molar-refractivity contribution in [3.05, 3.63) is 53.2 Å². The third-order valence-electron chi connectivity index (χ3n) is 3.84. The van der Waals surface area contributed by atoms with E-state index < -0.39 is 0 Å². The number of amides is 3. The Morgan fingerprint density at radius 3 is 2.96 bits per heavy atom. The molecule has 0 fully saturated rings. The van der Waals surface area contributed by atoms with Gasteiger partial charge in [0.2, 0.25) is 5.91 Å². The van der Waals surface area contributed by atoms with Crippen molar-refractivity contribution in [1.29, 1.82) is 0 Å². The molecule has 0 saturated heterocycles. The van der Waals surface area contributed by atoms with E-state index in [1.54, 1.807) is 6.20 Å². The van der Waals surface area contributed by atoms with Gasteiger partial charge >= 0.3 is 6.03 Å². The number of hydrogen-bond acceptors (Lipinski definition) is 3. The lowest BCUT2D eigenvalue weighted by molar-refractivity contribution is -0.115. The van der Waals surface area contributed by atoms with Crippen LogP contribution in [0.25, 0.3) is 0 Å². The number of carbonyl (C=O) groups excluding carboxylic acids is 2. The lowest BCUT2D eigenvalue weighted by Crippen LogP contribution is -2.31. The highest BCUT2D eigenvalue weighted by Crippen LogP contribution is 2.26. The second kappa shape index (κ2) is 6.08. The molecule has 1 atom stereocenters. The van der Waals surface area contributed by atoms with E-state index in [1.807, 2.05) is 44.2 Å². The molecule has 0 radical (unpaired) electrons. The molecule has 3 amide bonds. The summed E-state index contributed by atoms with van der Waals surface area (Å²) in [5.41, 5.74) is 3.66. The molecule has 0 saturated carbocycles. The van der Waals surface area contributed by atoms with Crippen LogP contribution in [-0.4, -0.2) is 16.9 Å². The van der Waals surface area contributed by atoms with Crippen molar-refractivity contribution in [2.24, 2.45) is 0 Å². The van der Waals surface area contributed by atoms with Gasteiger partial charge in [-0.1, -0.05) is 18.2 Å². The first-order chi connectivity index (χ1) is 11.0. The van der Waals surface area contributed by atoms with E-state index in [9.17, 15) is 9.59 Å². The van der Waals surface area contributed by atoms with E-state index in [4.69, 9.17) is 0 Å². The van der Waals surface area contributed by atoms with Crippen molar-refractivity contribution in [3.63, 3.8) is 0 Å². The van der Waals surface area contributed by atoms with Crippen LogP contribution < -0.4 is 16.0 Å². The van der Waals surface area contributed by atoms with Crippen LogP contribution in [0.4, 0.5) is 16.3 Å². The molecule has 1 aliphatic rings. The van der Waals surface area contributed by atoms with Crippen LogP contribution >= 0.6 is 0 Å². The van der Waals surface area contributed by atoms with Crippen LogP contribution in [0.5, 0.6) is 0 Å². The van der Waals surface area contributed by atoms with Gasteiger partial charge in [-0.3, -0.25) is 10.1 Å². The van der Waals surface area contributed by atoms with Crippen molar-refractivity contribution >= 4 is 23.4 Å². The molecule has 3 rings (SSSR count). The van der Waals surface area contributed by atoms with Gasteiger partial charge in [-0.2, -0.15) is 0 Å². The minimum absolute atomic E-state index is 0.00105. The quantitative estimate of drug-likeness (QED) is 0.815. The van der Waals surface area contributed by atoms with E-state index >= 15 is 0 Å². The number of rotatable bonds is 3. The summed E-state index contributed by atoms with van der Waals surface area (Å²) in [7, 11) is 0. The monoisotopic (exact) mass is 310 g/mol. The zero-order valence-corrected chi connectivity index (χ0v) is 13.0. The van der Waals surface area contributed by atoms with E-state index in [0.29, 0.717) is 12.2 Å². The first-order valence-electron chi connectivity index (χ1n) is 7.45. The number of hydrogen-bond donors (Lipinski definition) is 3. The number of aryl methyl sites for hydroxylation is 1. The van der Waals surface area contributed by atoms with E-state index in [2.05, 4.69) is 20.9 Å². The Morgan fingerprint density at radius 1 is 1.35 bits per heavy atom. The average molecular weight is 310 g/mol. The molecule has 1 unspecified atom stereocenters. The Hall–Kier alpha value is -2.89. The SMILES string of the molecule is Cc1cccnc1NC(=O)NC(C)c1ccc2c(c1)CC(=O)N2. The molecule has 0 aliphatic carbocycles. The molecule has 0 spiro atoms. The van der Waals surface area contributed by atoms with Gasteiger partial charge in [-0.25, -0.2) is 9.78 Å². The highest BCUT2D eigenvalue weighted by Gasteiger charge is 2.19. The third kappa shape index (κ3) is 3.31. The van der Waals surface area contributed by atoms with Crippen molar-refractivity contribution in [2.45, 2.75) is 26.3 Å². The van der Waals surface area contributed by atoms with Gasteiger partial charge in [0.15, 0.2) is 0 Å². The number of anilines is 2. The Bertz CT molecular complexity index is 773. The van der Waals surface area contributed by atoms with E-state index in [1.165, 1.54) is 0 Å². The molecule has 1 aliphatic heterocycles. The summed E-state index contributed by atoms with van der Waals surface area (Å²) >= 11 is 0. The van der Waals surface area contributed by atoms with E-state index in [0.717, 1.165) is 22.4 Å². The van der Waals surface area contributed by atoms with Crippen LogP contribution in [-0.2, 0) is 11.2 Å². The predicted molar refractivity (Wildman–Crippen MR) is 88.3 cm³/mol. The minimum Gasteiger partial charge on any atom is -0.331 e. The van der Waals surface area contributed by atoms with Crippen LogP contribution in [0.2, 0.25) is 0 Å². The Morgan fingerprint density at radius 2 is 2.17 bits per heavy atom. The molecule has 6 nitrogen and oxygen atoms in total. The number of fused-ring (bicyclic) bond motifs is 1. The summed E-state index contributed by atoms with van der Waals surface area (Å²) in [4.78, 5) is 27.6. The second-order valence-corrected chi connectivity index (χ2v) is 5.63. The van der Waals surface area contributed by atoms with Crippen molar-refractivity contribution < 1.29 is 9.59 Å². The van der Waals surface area contributed by atoms with Gasteiger partial charge in [0.25, 0.3) is 0 Å². The summed E-state index contributed by atoms with van der Waals surface area (Å²) in [6, 6.07) is 8.94. The molecule has 118 valence electrons. The van der Waals surface area contributed by atoms with Crippen molar-refractivity contribution in [3.8, 4) is 0 Å². The molecule has 3 N–H and O–H groups in total. The normalized spacial score (nSPS) is 13.9. The summed E-state index contributed by atoms with van der Waals surface area (Å²) in [6.07, 6.45) is 2.02. The highest BCUT2D eigenvalue weighted by molar-refractivity contribution is 5.99. The largest absolute Gasteiger partial charge is 0.331 e. The molecule has 2 heterocycles. The number of benzene rings is 1. The molecule has 2 aromatic rings. The van der Waals surface area contributed by atoms with Crippen molar-refractivity contribution in [1.82, 2.24) is 10.3 Å². The van der Waals surface area contributed by atoms with Gasteiger partial charge in [-0.15, -0.1) is 0 Å². The lowest BCUT2D eigenvalue weighted by Gasteiger charge is -2.16. The van der Waals surface area contributed by atoms with Crippen LogP contribution in [0.1, 0.15) is 29.7 Å². The molecular weight excluding hydrogens is 292 g/mol. The maximum atomic E-state index is 12.1. The topological polar surface area (TPSA) is 83.1 Å². The molecule has 6 heteroatoms. The fraction of sp³-hybridized carbons (Fsp3) is 0.235. The van der Waals surface area contributed by atoms with Crippen LogP contribution in [0.15, 0.2) is 36.5 Å². The zero-order chi connectivity index (χ0) is 16.4. The first-order valence-corrected chi connectivity index (χ1v) is 7.45. The number of carbonyl (C=O) groups is 2. The van der Waals surface area contributed by atoms with Gasteiger partial charge in [0.1, 0.15) is 5.82 Å². The lowest BCUT2D eigenvalue weighted by atomic mass is 10.0. The van der Waals surface area contributed by atoms with Crippen molar-refractivity contribution in [2.75, 3.05) is 10.6 Å². The Labute approximate surface area is 134 Å². The standard InChI is InChI=1S/C17H18N4O2/c1-10-4-3-7-18-16(10)21-17(23)19-11(2)12-5-6-14-13(8-12)9-15(22)20-14/h3-8,11H,9H2,1-2H3,(H,20,22)(H2,18,19,21,23). The second-order valence-electron chi connectivity index (χ2n) is 5.63. The number of aromatic nitrogens is 1. The summed E-state index contributed by atoms with van der Waals surface area (Å²) in [5, 5.41) is 8.42. The maximum Gasteiger partial charge on any atom is 0.320 e. The van der Waals surface area contributed by atoms with Gasteiger partial charge in [0.05, 0.1) is 12.5 Å². The smallest absolute Gasteiger partial charge is 0.320 e. The summed E-state index contributed by atoms with van der Waals surface area (Å²) < 4.78 is 0. The zero-order valence-electron chi connectivity index (χ0n) is 13.0. The molecular formula is C17H18N4O2. The average Bonchev–Trinajstić information content (AvgIpc) is 2.88. The third-order valence-corrected chi connectivity index (χ3v) is 3.84. The van der Waals surface area contributed by atoms with Gasteiger partial charge < -0.3 is 10.6 Å².